The van der Waals surface area contributed by atoms with Gasteiger partial charge in [0.15, 0.2) is 0 Å². The van der Waals surface area contributed by atoms with E-state index in [1.807, 2.05) is 0 Å². The van der Waals surface area contributed by atoms with Crippen molar-refractivity contribution >= 4 is 44.8 Å². The van der Waals surface area contributed by atoms with Crippen LogP contribution in [0.4, 0.5) is 10.3 Å². The van der Waals surface area contributed by atoms with Crippen molar-refractivity contribution in [1.29, 1.82) is 0 Å². The van der Waals surface area contributed by atoms with Crippen molar-refractivity contribution in [1.82, 2.24) is 20.4 Å². The molecule has 0 saturated carbocycles. The lowest BCUT2D eigenvalue weighted by Gasteiger charge is -2.04. The van der Waals surface area contributed by atoms with Gasteiger partial charge in [-0.1, -0.05) is 22.7 Å². The Morgan fingerprint density at radius 2 is 1.02 bits per heavy atom. The summed E-state index contributed by atoms with van der Waals surface area (Å²) < 4.78 is 21.4. The first kappa shape index (κ1) is 29.0. The summed E-state index contributed by atoms with van der Waals surface area (Å²) >= 11 is 2.61. The Hall–Kier alpha value is -3.98. The molecule has 0 saturated heterocycles. The van der Waals surface area contributed by atoms with Crippen molar-refractivity contribution in [3.63, 3.8) is 0 Å². The standard InChI is InChI=1S/C26H28N6O6S2/c1-35-19-7-3-17(4-8-19)23(33)27-25-31-29-21(39-25)11-13-37-15-16-38-14-12-22-30-32-26(40-22)28-24(34)18-5-9-20(36-2)10-6-18/h3-10H,11-16H2,1-2H3,(H,27,31,33)(H,28,32,34). The van der Waals surface area contributed by atoms with E-state index in [1.54, 1.807) is 62.8 Å². The third kappa shape index (κ3) is 8.77. The first-order valence-electron chi connectivity index (χ1n) is 12.2. The lowest BCUT2D eigenvalue weighted by Crippen LogP contribution is -2.11. The van der Waals surface area contributed by atoms with Gasteiger partial charge in [0.2, 0.25) is 10.3 Å². The van der Waals surface area contributed by atoms with Crippen LogP contribution in [0.5, 0.6) is 11.5 Å². The van der Waals surface area contributed by atoms with Crippen molar-refractivity contribution in [2.45, 2.75) is 12.8 Å². The predicted molar refractivity (Wildman–Crippen MR) is 151 cm³/mol. The second-order valence-electron chi connectivity index (χ2n) is 8.09. The maximum absolute atomic E-state index is 12.3. The van der Waals surface area contributed by atoms with Crippen molar-refractivity contribution in [3.05, 3.63) is 69.7 Å². The van der Waals surface area contributed by atoms with E-state index < -0.39 is 0 Å². The summed E-state index contributed by atoms with van der Waals surface area (Å²) in [6.07, 6.45) is 1.15. The molecule has 4 aromatic rings. The number of benzene rings is 2. The first-order valence-corrected chi connectivity index (χ1v) is 13.9. The quantitative estimate of drug-likeness (QED) is 0.198. The normalized spacial score (nSPS) is 10.8. The molecule has 0 unspecified atom stereocenters. The first-order chi connectivity index (χ1) is 19.5. The van der Waals surface area contributed by atoms with Crippen LogP contribution in [0.2, 0.25) is 0 Å². The Balaban J connectivity index is 1.06. The molecule has 4 rings (SSSR count). The molecule has 0 aliphatic heterocycles. The third-order valence-corrected chi connectivity index (χ3v) is 7.17. The van der Waals surface area contributed by atoms with Gasteiger partial charge in [-0.15, -0.1) is 20.4 Å². The number of nitrogens with zero attached hydrogens (tertiary/aromatic N) is 4. The Morgan fingerprint density at radius 3 is 1.40 bits per heavy atom. The summed E-state index contributed by atoms with van der Waals surface area (Å²) in [6, 6.07) is 13.6. The number of methoxy groups -OCH3 is 2. The third-order valence-electron chi connectivity index (χ3n) is 5.37. The Bertz CT molecular complexity index is 1270. The molecule has 0 atom stereocenters. The lowest BCUT2D eigenvalue weighted by molar-refractivity contribution is 0.0500. The summed E-state index contributed by atoms with van der Waals surface area (Å²) in [6.45, 7) is 1.77. The summed E-state index contributed by atoms with van der Waals surface area (Å²) in [4.78, 5) is 24.7. The smallest absolute Gasteiger partial charge is 0.257 e. The van der Waals surface area contributed by atoms with Crippen LogP contribution >= 0.6 is 22.7 Å². The number of anilines is 2. The molecule has 0 radical (unpaired) electrons. The number of hydrogen-bond donors (Lipinski definition) is 2. The number of nitrogens with one attached hydrogen (secondary N) is 2. The molecule has 0 aliphatic rings. The second kappa shape index (κ2) is 15.0. The monoisotopic (exact) mass is 584 g/mol. The molecule has 2 aromatic carbocycles. The van der Waals surface area contributed by atoms with E-state index in [0.29, 0.717) is 72.2 Å². The molecule has 2 amide bonds. The summed E-state index contributed by atoms with van der Waals surface area (Å²) in [5.41, 5.74) is 1.01. The van der Waals surface area contributed by atoms with Crippen molar-refractivity contribution < 1.29 is 28.5 Å². The van der Waals surface area contributed by atoms with Gasteiger partial charge in [-0.2, -0.15) is 0 Å². The molecule has 2 heterocycles. The number of hydrogen-bond acceptors (Lipinski definition) is 12. The van der Waals surface area contributed by atoms with E-state index in [-0.39, 0.29) is 11.8 Å². The van der Waals surface area contributed by atoms with Crippen molar-refractivity contribution in [2.24, 2.45) is 0 Å². The van der Waals surface area contributed by atoms with E-state index in [4.69, 9.17) is 18.9 Å². The van der Waals surface area contributed by atoms with Crippen LogP contribution in [0, 0.1) is 0 Å². The van der Waals surface area contributed by atoms with Gasteiger partial charge >= 0.3 is 0 Å². The van der Waals surface area contributed by atoms with Crippen molar-refractivity contribution in [2.75, 3.05) is 51.3 Å². The average molecular weight is 585 g/mol. The van der Waals surface area contributed by atoms with Crippen LogP contribution in [0.15, 0.2) is 48.5 Å². The lowest BCUT2D eigenvalue weighted by atomic mass is 10.2. The number of rotatable bonds is 15. The number of aromatic nitrogens is 4. The van der Waals surface area contributed by atoms with Crippen LogP contribution in [0.1, 0.15) is 30.7 Å². The highest BCUT2D eigenvalue weighted by molar-refractivity contribution is 7.15. The second-order valence-corrected chi connectivity index (χ2v) is 10.2. The van der Waals surface area contributed by atoms with Crippen molar-refractivity contribution in [3.8, 4) is 11.5 Å². The molecule has 0 aliphatic carbocycles. The molecule has 2 N–H and O–H groups in total. The van der Waals surface area contributed by atoms with Gasteiger partial charge in [-0.25, -0.2) is 0 Å². The van der Waals surface area contributed by atoms with Gasteiger partial charge in [0.1, 0.15) is 21.5 Å². The summed E-state index contributed by atoms with van der Waals surface area (Å²) in [5.74, 6) is 0.836. The number of ether oxygens (including phenoxy) is 4. The molecule has 0 spiro atoms. The molecule has 40 heavy (non-hydrogen) atoms. The average Bonchev–Trinajstić information content (AvgIpc) is 3.63. The number of carbonyl (C=O) groups excluding carboxylic acids is 2. The van der Waals surface area contributed by atoms with E-state index in [2.05, 4.69) is 31.0 Å². The minimum absolute atomic E-state index is 0.262. The van der Waals surface area contributed by atoms with E-state index in [1.165, 1.54) is 22.7 Å². The fourth-order valence-corrected chi connectivity index (χ4v) is 4.71. The molecule has 0 fully saturated rings. The van der Waals surface area contributed by atoms with Gasteiger partial charge in [0.05, 0.1) is 40.6 Å². The SMILES string of the molecule is COc1ccc(C(=O)Nc2nnc(CCOCCOCCc3nnc(NC(=O)c4ccc(OC)cc4)s3)s2)cc1. The van der Waals surface area contributed by atoms with E-state index in [9.17, 15) is 9.59 Å². The number of amides is 2. The topological polar surface area (TPSA) is 147 Å². The molecule has 210 valence electrons. The Labute approximate surface area is 238 Å². The molecular formula is C26H28N6O6S2. The molecule has 14 heteroatoms. The molecule has 12 nitrogen and oxygen atoms in total. The maximum atomic E-state index is 12.3. The summed E-state index contributed by atoms with van der Waals surface area (Å²) in [7, 11) is 3.14. The Morgan fingerprint density at radius 1 is 0.625 bits per heavy atom. The number of carbonyl (C=O) groups is 2. The summed E-state index contributed by atoms with van der Waals surface area (Å²) in [5, 5.41) is 24.1. The van der Waals surface area contributed by atoms with Gasteiger partial charge in [-0.05, 0) is 48.5 Å². The van der Waals surface area contributed by atoms with Gasteiger partial charge in [0, 0.05) is 24.0 Å². The zero-order valence-electron chi connectivity index (χ0n) is 21.9. The van der Waals surface area contributed by atoms with E-state index in [0.717, 1.165) is 10.0 Å². The fraction of sp³-hybridized carbons (Fsp3) is 0.308. The Kier molecular flexibility index (Phi) is 10.9. The highest BCUT2D eigenvalue weighted by atomic mass is 32.1. The molecular weight excluding hydrogens is 556 g/mol. The van der Waals surface area contributed by atoms with Crippen LogP contribution in [-0.2, 0) is 22.3 Å². The zero-order valence-corrected chi connectivity index (χ0v) is 23.5. The van der Waals surface area contributed by atoms with E-state index >= 15 is 0 Å². The fourth-order valence-electron chi connectivity index (χ4n) is 3.27. The largest absolute Gasteiger partial charge is 0.497 e. The van der Waals surface area contributed by atoms with Crippen LogP contribution in [-0.4, -0.2) is 72.9 Å². The molecule has 2 aromatic heterocycles. The van der Waals surface area contributed by atoms with Crippen LogP contribution in [0.3, 0.4) is 0 Å². The van der Waals surface area contributed by atoms with Gasteiger partial charge in [-0.3, -0.25) is 20.2 Å². The highest BCUT2D eigenvalue weighted by Gasteiger charge is 2.12. The zero-order chi connectivity index (χ0) is 28.2. The van der Waals surface area contributed by atoms with Crippen LogP contribution in [0.25, 0.3) is 0 Å². The highest BCUT2D eigenvalue weighted by Crippen LogP contribution is 2.19. The maximum Gasteiger partial charge on any atom is 0.257 e. The predicted octanol–water partition coefficient (Wildman–Crippen LogP) is 3.73. The minimum Gasteiger partial charge on any atom is -0.497 e. The molecule has 0 bridgehead atoms. The van der Waals surface area contributed by atoms with Gasteiger partial charge < -0.3 is 18.9 Å². The van der Waals surface area contributed by atoms with Gasteiger partial charge in [0.25, 0.3) is 11.8 Å². The van der Waals surface area contributed by atoms with Crippen LogP contribution < -0.4 is 20.1 Å². The minimum atomic E-state index is -0.262.